The summed E-state index contributed by atoms with van der Waals surface area (Å²) < 4.78 is 5.14. The van der Waals surface area contributed by atoms with Gasteiger partial charge in [0.2, 0.25) is 0 Å². The molecule has 1 amide bonds. The van der Waals surface area contributed by atoms with Gasteiger partial charge < -0.3 is 10.1 Å². The molecular weight excluding hydrogens is 230 g/mol. The Hall–Kier alpha value is -1.32. The highest BCUT2D eigenvalue weighted by molar-refractivity contribution is 5.89. The first kappa shape index (κ1) is 14.7. The summed E-state index contributed by atoms with van der Waals surface area (Å²) in [4.78, 5) is 23.5. The van der Waals surface area contributed by atoms with Crippen molar-refractivity contribution in [3.05, 3.63) is 12.2 Å². The van der Waals surface area contributed by atoms with Crippen molar-refractivity contribution < 1.29 is 14.3 Å². The predicted molar refractivity (Wildman–Crippen MR) is 70.3 cm³/mol. The van der Waals surface area contributed by atoms with Gasteiger partial charge in [0.25, 0.3) is 0 Å². The molecule has 0 aromatic carbocycles. The van der Waals surface area contributed by atoms with Crippen LogP contribution in [0.2, 0.25) is 0 Å². The Kier molecular flexibility index (Phi) is 4.20. The normalized spacial score (nSPS) is 16.9. The van der Waals surface area contributed by atoms with E-state index in [1.165, 1.54) is 0 Å². The molecular formula is C14H23NO3. The summed E-state index contributed by atoms with van der Waals surface area (Å²) in [6.07, 6.45) is 1.62. The van der Waals surface area contributed by atoms with Crippen LogP contribution in [-0.4, -0.2) is 24.0 Å². The number of ketones is 1. The van der Waals surface area contributed by atoms with E-state index in [4.69, 9.17) is 4.74 Å². The maximum absolute atomic E-state index is 12.0. The Balaban J connectivity index is 2.41. The molecule has 18 heavy (non-hydrogen) atoms. The maximum atomic E-state index is 12.0. The van der Waals surface area contributed by atoms with Crippen LogP contribution in [0.25, 0.3) is 0 Å². The Bertz CT molecular complexity index is 362. The highest BCUT2D eigenvalue weighted by atomic mass is 16.6. The molecule has 0 unspecified atom stereocenters. The molecule has 0 radical (unpaired) electrons. The summed E-state index contributed by atoms with van der Waals surface area (Å²) in [5.74, 6) is 0.172. The zero-order valence-electron chi connectivity index (χ0n) is 11.8. The molecule has 0 aromatic rings. The van der Waals surface area contributed by atoms with Crippen LogP contribution in [0.3, 0.4) is 0 Å². The van der Waals surface area contributed by atoms with Gasteiger partial charge >= 0.3 is 6.09 Å². The van der Waals surface area contributed by atoms with E-state index in [-0.39, 0.29) is 11.2 Å². The molecule has 0 atom stereocenters. The minimum Gasteiger partial charge on any atom is -0.444 e. The number of hydrogen-bond donors (Lipinski definition) is 1. The van der Waals surface area contributed by atoms with Crippen molar-refractivity contribution in [3.63, 3.8) is 0 Å². The summed E-state index contributed by atoms with van der Waals surface area (Å²) in [6.45, 7) is 11.4. The number of alkyl carbamates (subject to hydrolysis) is 1. The first-order valence-corrected chi connectivity index (χ1v) is 6.29. The second-order valence-electron chi connectivity index (χ2n) is 6.19. The quantitative estimate of drug-likeness (QED) is 0.766. The standard InChI is InChI=1S/C14H23NO3/c1-10(2)8-11(16)14(6-7-14)9-15-12(17)18-13(3,4)5/h1,6-9H2,2-5H3,(H,15,17). The van der Waals surface area contributed by atoms with Crippen molar-refractivity contribution >= 4 is 11.9 Å². The average Bonchev–Trinajstić information content (AvgIpc) is 2.91. The van der Waals surface area contributed by atoms with Crippen molar-refractivity contribution in [1.29, 1.82) is 0 Å². The molecule has 1 rings (SSSR count). The molecule has 1 saturated carbocycles. The number of hydrogen-bond acceptors (Lipinski definition) is 3. The Morgan fingerprint density at radius 3 is 2.28 bits per heavy atom. The van der Waals surface area contributed by atoms with Gasteiger partial charge in [-0.25, -0.2) is 4.79 Å². The highest BCUT2D eigenvalue weighted by Gasteiger charge is 2.49. The van der Waals surface area contributed by atoms with Crippen LogP contribution in [0.4, 0.5) is 4.79 Å². The maximum Gasteiger partial charge on any atom is 0.407 e. The fraction of sp³-hybridized carbons (Fsp3) is 0.714. The van der Waals surface area contributed by atoms with Crippen molar-refractivity contribution in [2.24, 2.45) is 5.41 Å². The van der Waals surface area contributed by atoms with Crippen molar-refractivity contribution in [1.82, 2.24) is 5.32 Å². The van der Waals surface area contributed by atoms with Gasteiger partial charge in [-0.3, -0.25) is 4.79 Å². The zero-order valence-corrected chi connectivity index (χ0v) is 11.8. The Morgan fingerprint density at radius 1 is 1.33 bits per heavy atom. The lowest BCUT2D eigenvalue weighted by atomic mass is 9.96. The summed E-state index contributed by atoms with van der Waals surface area (Å²) in [5, 5.41) is 2.68. The van der Waals surface area contributed by atoms with Gasteiger partial charge in [-0.1, -0.05) is 12.2 Å². The first-order chi connectivity index (χ1) is 8.15. The summed E-state index contributed by atoms with van der Waals surface area (Å²) in [5.41, 5.74) is -0.0122. The number of ether oxygens (including phenoxy) is 1. The van der Waals surface area contributed by atoms with Crippen molar-refractivity contribution in [2.45, 2.75) is 52.6 Å². The topological polar surface area (TPSA) is 55.4 Å². The van der Waals surface area contributed by atoms with Crippen LogP contribution in [0.1, 0.15) is 47.0 Å². The Morgan fingerprint density at radius 2 is 1.89 bits per heavy atom. The Labute approximate surface area is 109 Å². The van der Waals surface area contributed by atoms with Crippen LogP contribution in [0.15, 0.2) is 12.2 Å². The lowest BCUT2D eigenvalue weighted by Gasteiger charge is -2.21. The van der Waals surface area contributed by atoms with Gasteiger partial charge in [0, 0.05) is 18.4 Å². The number of allylic oxidation sites excluding steroid dienone is 1. The van der Waals surface area contributed by atoms with E-state index < -0.39 is 11.7 Å². The summed E-state index contributed by atoms with van der Waals surface area (Å²) in [7, 11) is 0. The third-order valence-corrected chi connectivity index (χ3v) is 2.88. The molecule has 1 N–H and O–H groups in total. The van der Waals surface area contributed by atoms with Crippen LogP contribution >= 0.6 is 0 Å². The molecule has 0 aliphatic heterocycles. The molecule has 102 valence electrons. The first-order valence-electron chi connectivity index (χ1n) is 6.29. The third-order valence-electron chi connectivity index (χ3n) is 2.88. The van der Waals surface area contributed by atoms with E-state index in [1.807, 2.05) is 27.7 Å². The SMILES string of the molecule is C=C(C)CC(=O)C1(CNC(=O)OC(C)(C)C)CC1. The molecule has 1 fully saturated rings. The van der Waals surface area contributed by atoms with Crippen molar-refractivity contribution in [3.8, 4) is 0 Å². The van der Waals surface area contributed by atoms with E-state index in [0.29, 0.717) is 13.0 Å². The van der Waals surface area contributed by atoms with Gasteiger partial charge in [0.15, 0.2) is 0 Å². The van der Waals surface area contributed by atoms with Crippen molar-refractivity contribution in [2.75, 3.05) is 6.54 Å². The fourth-order valence-electron chi connectivity index (χ4n) is 1.72. The van der Waals surface area contributed by atoms with E-state index in [9.17, 15) is 9.59 Å². The van der Waals surface area contributed by atoms with Gasteiger partial charge in [-0.2, -0.15) is 0 Å². The van der Waals surface area contributed by atoms with Gasteiger partial charge in [-0.05, 0) is 40.5 Å². The number of carbonyl (C=O) groups is 2. The average molecular weight is 253 g/mol. The molecule has 4 heteroatoms. The minimum absolute atomic E-state index is 0.172. The summed E-state index contributed by atoms with van der Waals surface area (Å²) in [6, 6.07) is 0. The lowest BCUT2D eigenvalue weighted by Crippen LogP contribution is -2.38. The monoisotopic (exact) mass is 253 g/mol. The van der Waals surface area contributed by atoms with E-state index in [1.54, 1.807) is 0 Å². The van der Waals surface area contributed by atoms with E-state index in [2.05, 4.69) is 11.9 Å². The predicted octanol–water partition coefficient (Wildman–Crippen LogP) is 2.83. The molecule has 1 aliphatic carbocycles. The largest absolute Gasteiger partial charge is 0.444 e. The molecule has 0 heterocycles. The molecule has 0 spiro atoms. The molecule has 4 nitrogen and oxygen atoms in total. The second kappa shape index (κ2) is 5.12. The number of rotatable bonds is 5. The molecule has 1 aliphatic rings. The van der Waals surface area contributed by atoms with Crippen LogP contribution in [-0.2, 0) is 9.53 Å². The second-order valence-corrected chi connectivity index (χ2v) is 6.19. The molecule has 0 saturated heterocycles. The minimum atomic E-state index is -0.511. The fourth-order valence-corrected chi connectivity index (χ4v) is 1.72. The van der Waals surface area contributed by atoms with Crippen LogP contribution in [0, 0.1) is 5.41 Å². The van der Waals surface area contributed by atoms with Crippen LogP contribution < -0.4 is 5.32 Å². The highest BCUT2D eigenvalue weighted by Crippen LogP contribution is 2.47. The number of carbonyl (C=O) groups excluding carboxylic acids is 2. The number of amides is 1. The number of nitrogens with one attached hydrogen (secondary N) is 1. The summed E-state index contributed by atoms with van der Waals surface area (Å²) >= 11 is 0. The number of Topliss-reactive ketones (excluding diaryl/α,β-unsaturated/α-hetero) is 1. The third kappa shape index (κ3) is 4.51. The van der Waals surface area contributed by atoms with Gasteiger partial charge in [0.1, 0.15) is 11.4 Å². The molecule has 0 aromatic heterocycles. The zero-order chi connectivity index (χ0) is 14.0. The molecule has 0 bridgehead atoms. The smallest absolute Gasteiger partial charge is 0.407 e. The van der Waals surface area contributed by atoms with Gasteiger partial charge in [0.05, 0.1) is 0 Å². The van der Waals surface area contributed by atoms with E-state index in [0.717, 1.165) is 18.4 Å². The van der Waals surface area contributed by atoms with Crippen LogP contribution in [0.5, 0.6) is 0 Å². The van der Waals surface area contributed by atoms with Gasteiger partial charge in [-0.15, -0.1) is 0 Å². The van der Waals surface area contributed by atoms with E-state index >= 15 is 0 Å². The lowest BCUT2D eigenvalue weighted by molar-refractivity contribution is -0.123.